The molecule has 4 nitrogen and oxygen atoms in total. The normalized spacial score (nSPS) is 12.1. The van der Waals surface area contributed by atoms with E-state index in [-0.39, 0.29) is 12.4 Å². The Balaban J connectivity index is 1.91. The van der Waals surface area contributed by atoms with Crippen LogP contribution in [0.4, 0.5) is 0 Å². The van der Waals surface area contributed by atoms with Gasteiger partial charge in [-0.2, -0.15) is 0 Å². The molecule has 0 saturated carbocycles. The van der Waals surface area contributed by atoms with Crippen molar-refractivity contribution in [1.29, 1.82) is 0 Å². The molecule has 1 unspecified atom stereocenters. The molecule has 2 aromatic carbocycles. The van der Waals surface area contributed by atoms with E-state index >= 15 is 0 Å². The van der Waals surface area contributed by atoms with Crippen molar-refractivity contribution < 1.29 is 14.6 Å². The van der Waals surface area contributed by atoms with Gasteiger partial charge in [-0.3, -0.25) is 4.79 Å². The molecule has 0 aliphatic carbocycles. The zero-order valence-electron chi connectivity index (χ0n) is 15.3. The van der Waals surface area contributed by atoms with E-state index in [0.29, 0.717) is 37.2 Å². The third kappa shape index (κ3) is 6.66. The molecule has 2 rings (SSSR count). The third-order valence-electron chi connectivity index (χ3n) is 4.06. The number of aliphatic hydroxyl groups excluding tert-OH is 1. The van der Waals surface area contributed by atoms with Crippen LogP contribution in [0.15, 0.2) is 54.6 Å². The van der Waals surface area contributed by atoms with Crippen LogP contribution in [0.3, 0.4) is 0 Å². The summed E-state index contributed by atoms with van der Waals surface area (Å²) < 4.78 is 5.70. The topological polar surface area (TPSA) is 49.8 Å². The zero-order valence-corrected chi connectivity index (χ0v) is 15.3. The number of benzene rings is 2. The van der Waals surface area contributed by atoms with Crippen molar-refractivity contribution in [2.24, 2.45) is 0 Å². The van der Waals surface area contributed by atoms with E-state index in [4.69, 9.17) is 12.7 Å². The number of rotatable bonds is 11. The van der Waals surface area contributed by atoms with Crippen LogP contribution in [0, 0.1) is 0 Å². The molecule has 0 spiro atoms. The van der Waals surface area contributed by atoms with E-state index in [2.05, 4.69) is 0 Å². The van der Waals surface area contributed by atoms with Crippen molar-refractivity contribution in [2.45, 2.75) is 32.3 Å². The maximum Gasteiger partial charge on any atom is 0.182 e. The summed E-state index contributed by atoms with van der Waals surface area (Å²) in [6.45, 7) is 3.17. The number of carbonyl (C=O) groups excluding carboxylic acids is 1. The molecule has 1 atom stereocenters. The molecule has 0 fully saturated rings. The number of hydrogen-bond acceptors (Lipinski definition) is 4. The van der Waals surface area contributed by atoms with Gasteiger partial charge in [-0.05, 0) is 37.1 Å². The van der Waals surface area contributed by atoms with E-state index in [1.165, 1.54) is 0 Å². The highest BCUT2D eigenvalue weighted by molar-refractivity contribution is 6.04. The average Bonchev–Trinajstić information content (AvgIpc) is 2.65. The molecule has 0 saturated heterocycles. The minimum atomic E-state index is -0.709. The summed E-state index contributed by atoms with van der Waals surface area (Å²) in [4.78, 5) is 14.2. The molecule has 5 heteroatoms. The Labute approximate surface area is 157 Å². The highest BCUT2D eigenvalue weighted by Crippen LogP contribution is 2.21. The number of aryl methyl sites for hydroxylation is 1. The second kappa shape index (κ2) is 10.8. The monoisotopic (exact) mass is 351 g/mol. The van der Waals surface area contributed by atoms with Crippen molar-refractivity contribution in [1.82, 2.24) is 4.81 Å². The van der Waals surface area contributed by atoms with Gasteiger partial charge < -0.3 is 14.7 Å². The van der Waals surface area contributed by atoms with Crippen LogP contribution < -0.4 is 4.74 Å². The molecule has 136 valence electrons. The summed E-state index contributed by atoms with van der Waals surface area (Å²) in [5, 5.41) is 10.1. The van der Waals surface area contributed by atoms with Crippen LogP contribution in [0.25, 0.3) is 0 Å². The summed E-state index contributed by atoms with van der Waals surface area (Å²) in [6, 6.07) is 17.1. The van der Waals surface area contributed by atoms with Crippen molar-refractivity contribution in [3.05, 3.63) is 65.7 Å². The van der Waals surface area contributed by atoms with Gasteiger partial charge in [0.1, 0.15) is 12.4 Å². The van der Waals surface area contributed by atoms with Crippen LogP contribution in [0.5, 0.6) is 5.75 Å². The number of ketones is 1. The van der Waals surface area contributed by atoms with Gasteiger partial charge in [0.2, 0.25) is 0 Å². The largest absolute Gasteiger partial charge is 0.490 e. The Morgan fingerprint density at radius 1 is 1.15 bits per heavy atom. The third-order valence-corrected chi connectivity index (χ3v) is 4.06. The van der Waals surface area contributed by atoms with E-state index in [1.54, 1.807) is 16.9 Å². The fourth-order valence-electron chi connectivity index (χ4n) is 2.75. The number of nitrogens with zero attached hydrogens (tertiary/aromatic N) is 1. The fraction of sp³-hybridized carbons (Fsp3) is 0.381. The SMILES string of the molecule is [B]N(CCC)CC(O)COc1ccccc1C(=O)CCc1ccccc1. The Kier molecular flexibility index (Phi) is 8.39. The van der Waals surface area contributed by atoms with E-state index in [0.717, 1.165) is 12.0 Å². The Morgan fingerprint density at radius 3 is 2.58 bits per heavy atom. The number of carbonyl (C=O) groups is 1. The molecule has 0 amide bonds. The predicted molar refractivity (Wildman–Crippen MR) is 105 cm³/mol. The van der Waals surface area contributed by atoms with Gasteiger partial charge in [0.15, 0.2) is 13.8 Å². The quantitative estimate of drug-likeness (QED) is 0.499. The summed E-state index contributed by atoms with van der Waals surface area (Å²) in [6.07, 6.45) is 1.32. The van der Waals surface area contributed by atoms with Crippen molar-refractivity contribution in [3.63, 3.8) is 0 Å². The molecule has 0 aliphatic heterocycles. The number of hydrogen-bond donors (Lipinski definition) is 1. The van der Waals surface area contributed by atoms with E-state index in [1.807, 2.05) is 49.4 Å². The number of aliphatic hydroxyl groups is 1. The van der Waals surface area contributed by atoms with E-state index < -0.39 is 6.10 Å². The number of ether oxygens (including phenoxy) is 1. The molecular formula is C21H26BNO3. The highest BCUT2D eigenvalue weighted by Gasteiger charge is 2.14. The van der Waals surface area contributed by atoms with Crippen LogP contribution in [0.2, 0.25) is 0 Å². The second-order valence-electron chi connectivity index (χ2n) is 6.36. The van der Waals surface area contributed by atoms with Gasteiger partial charge >= 0.3 is 0 Å². The molecule has 0 bridgehead atoms. The molecular weight excluding hydrogens is 325 g/mol. The molecule has 0 aromatic heterocycles. The molecule has 2 aromatic rings. The maximum absolute atomic E-state index is 12.6. The Hall–Kier alpha value is -2.11. The van der Waals surface area contributed by atoms with Crippen molar-refractivity contribution in [2.75, 3.05) is 19.7 Å². The van der Waals surface area contributed by atoms with Crippen LogP contribution >= 0.6 is 0 Å². The van der Waals surface area contributed by atoms with Gasteiger partial charge in [-0.1, -0.05) is 49.4 Å². The molecule has 1 N–H and O–H groups in total. The van der Waals surface area contributed by atoms with Gasteiger partial charge in [0, 0.05) is 13.0 Å². The standard InChI is InChI=1S/C21H26BNO3/c1-2-14-23(22)15-18(24)16-26-21-11-7-6-10-19(21)20(25)13-12-17-8-4-3-5-9-17/h3-11,18,24H,2,12-16H2,1H3. The lowest BCUT2D eigenvalue weighted by Gasteiger charge is -2.21. The lowest BCUT2D eigenvalue weighted by Crippen LogP contribution is -2.34. The first kappa shape index (κ1) is 20.2. The number of para-hydroxylation sites is 1. The minimum Gasteiger partial charge on any atom is -0.490 e. The predicted octanol–water partition coefficient (Wildman–Crippen LogP) is 3.04. The number of Topliss-reactive ketones (excluding diaryl/α,β-unsaturated/α-hetero) is 1. The highest BCUT2D eigenvalue weighted by atomic mass is 16.5. The first-order valence-corrected chi connectivity index (χ1v) is 9.06. The smallest absolute Gasteiger partial charge is 0.182 e. The summed E-state index contributed by atoms with van der Waals surface area (Å²) in [5.41, 5.74) is 1.68. The first-order chi connectivity index (χ1) is 12.6. The summed E-state index contributed by atoms with van der Waals surface area (Å²) in [7, 11) is 5.79. The summed E-state index contributed by atoms with van der Waals surface area (Å²) in [5.74, 6) is 0.536. The Morgan fingerprint density at radius 2 is 1.85 bits per heavy atom. The van der Waals surface area contributed by atoms with Gasteiger partial charge in [0.25, 0.3) is 0 Å². The van der Waals surface area contributed by atoms with Gasteiger partial charge in [0.05, 0.1) is 11.7 Å². The average molecular weight is 351 g/mol. The summed E-state index contributed by atoms with van der Waals surface area (Å²) >= 11 is 0. The Bertz CT molecular complexity index is 678. The first-order valence-electron chi connectivity index (χ1n) is 9.06. The zero-order chi connectivity index (χ0) is 18.8. The van der Waals surface area contributed by atoms with E-state index in [9.17, 15) is 9.90 Å². The molecule has 0 heterocycles. The second-order valence-corrected chi connectivity index (χ2v) is 6.36. The van der Waals surface area contributed by atoms with Crippen molar-refractivity contribution in [3.8, 4) is 5.75 Å². The maximum atomic E-state index is 12.6. The fourth-order valence-corrected chi connectivity index (χ4v) is 2.75. The molecule has 26 heavy (non-hydrogen) atoms. The van der Waals surface area contributed by atoms with Gasteiger partial charge in [-0.15, -0.1) is 0 Å². The van der Waals surface area contributed by atoms with Crippen molar-refractivity contribution >= 4 is 13.8 Å². The molecule has 0 aliphatic rings. The lowest BCUT2D eigenvalue weighted by atomic mass is 10.0. The minimum absolute atomic E-state index is 0.0328. The van der Waals surface area contributed by atoms with Gasteiger partial charge in [-0.25, -0.2) is 0 Å². The van der Waals surface area contributed by atoms with Crippen LogP contribution in [-0.4, -0.2) is 49.5 Å². The molecule has 2 radical (unpaired) electrons. The van der Waals surface area contributed by atoms with Crippen LogP contribution in [-0.2, 0) is 6.42 Å². The van der Waals surface area contributed by atoms with Crippen LogP contribution in [0.1, 0.15) is 35.7 Å². The lowest BCUT2D eigenvalue weighted by molar-refractivity contribution is 0.0870.